The molecule has 0 atom stereocenters. The predicted molar refractivity (Wildman–Crippen MR) is 61.2 cm³/mol. The molecule has 0 fully saturated rings. The molecule has 1 rings (SSSR count). The Kier molecular flexibility index (Phi) is 3.38. The van der Waals surface area contributed by atoms with Crippen molar-refractivity contribution in [3.8, 4) is 0 Å². The molecule has 0 spiro atoms. The molecule has 0 aliphatic rings. The van der Waals surface area contributed by atoms with Gasteiger partial charge in [-0.2, -0.15) is 0 Å². The second-order valence-corrected chi connectivity index (χ2v) is 3.43. The van der Waals surface area contributed by atoms with E-state index in [9.17, 15) is 0 Å². The highest BCUT2D eigenvalue weighted by Gasteiger charge is 2.13. The van der Waals surface area contributed by atoms with E-state index in [2.05, 4.69) is 4.98 Å². The lowest BCUT2D eigenvalue weighted by Crippen LogP contribution is -2.36. The lowest BCUT2D eigenvalue weighted by atomic mass is 10.2. The van der Waals surface area contributed by atoms with Crippen molar-refractivity contribution in [2.45, 2.75) is 19.9 Å². The highest BCUT2D eigenvalue weighted by molar-refractivity contribution is 6.01. The minimum absolute atomic E-state index is 0.0539. The summed E-state index contributed by atoms with van der Waals surface area (Å²) in [6, 6.07) is 5.17. The number of pyridine rings is 1. The minimum Gasteiger partial charge on any atom is -0.384 e. The van der Waals surface area contributed by atoms with Crippen molar-refractivity contribution in [2.75, 3.05) is 5.73 Å². The molecule has 0 aliphatic heterocycles. The zero-order valence-electron chi connectivity index (χ0n) is 8.86. The second kappa shape index (κ2) is 4.54. The summed E-state index contributed by atoms with van der Waals surface area (Å²) in [5.41, 5.74) is 6.01. The van der Waals surface area contributed by atoms with Crippen LogP contribution in [0.5, 0.6) is 0 Å². The first kappa shape index (κ1) is 11.2. The second-order valence-electron chi connectivity index (χ2n) is 3.43. The Bertz CT molecular complexity index is 372. The molecule has 0 saturated carbocycles. The van der Waals surface area contributed by atoms with Crippen LogP contribution in [0.1, 0.15) is 19.5 Å². The molecule has 0 saturated heterocycles. The van der Waals surface area contributed by atoms with E-state index in [4.69, 9.17) is 16.6 Å². The molecule has 0 unspecified atom stereocenters. The Morgan fingerprint density at radius 1 is 1.53 bits per heavy atom. The first-order chi connectivity index (χ1) is 7.06. The van der Waals surface area contributed by atoms with Crippen LogP contribution in [0.15, 0.2) is 18.2 Å². The number of amidine groups is 1. The van der Waals surface area contributed by atoms with Crippen LogP contribution in [-0.2, 0) is 0 Å². The standard InChI is InChI=1S/C10H15N5/c1-7(2)15(6-11)10(13)8-4-3-5-9(12)14-8/h3-7,11,13H,1-2H3,(H2,12,14). The van der Waals surface area contributed by atoms with E-state index in [0.29, 0.717) is 11.5 Å². The SMILES string of the molecule is CC(C)N(C=N)C(=N)c1cccc(N)n1. The molecule has 1 heterocycles. The van der Waals surface area contributed by atoms with Gasteiger partial charge in [0.2, 0.25) is 0 Å². The summed E-state index contributed by atoms with van der Waals surface area (Å²) in [7, 11) is 0. The summed E-state index contributed by atoms with van der Waals surface area (Å²) in [6.45, 7) is 3.82. The van der Waals surface area contributed by atoms with Crippen LogP contribution < -0.4 is 5.73 Å². The van der Waals surface area contributed by atoms with Crippen LogP contribution in [0.4, 0.5) is 5.82 Å². The van der Waals surface area contributed by atoms with Gasteiger partial charge in [0.15, 0.2) is 5.84 Å². The average Bonchev–Trinajstić information content (AvgIpc) is 2.18. The van der Waals surface area contributed by atoms with Gasteiger partial charge in [-0.15, -0.1) is 0 Å². The number of nitrogens with zero attached hydrogens (tertiary/aromatic N) is 2. The van der Waals surface area contributed by atoms with E-state index >= 15 is 0 Å². The van der Waals surface area contributed by atoms with E-state index in [0.717, 1.165) is 6.34 Å². The Morgan fingerprint density at radius 2 is 2.20 bits per heavy atom. The Morgan fingerprint density at radius 3 is 2.67 bits per heavy atom. The molecule has 4 N–H and O–H groups in total. The Balaban J connectivity index is 2.98. The molecule has 0 bridgehead atoms. The number of nitrogens with two attached hydrogens (primary N) is 1. The van der Waals surface area contributed by atoms with Crippen molar-refractivity contribution in [1.82, 2.24) is 9.88 Å². The highest BCUT2D eigenvalue weighted by Crippen LogP contribution is 2.06. The lowest BCUT2D eigenvalue weighted by molar-refractivity contribution is 0.507. The van der Waals surface area contributed by atoms with Crippen LogP contribution in [0.2, 0.25) is 0 Å². The molecular formula is C10H15N5. The van der Waals surface area contributed by atoms with Gasteiger partial charge in [0, 0.05) is 6.04 Å². The third-order valence-corrected chi connectivity index (χ3v) is 1.97. The van der Waals surface area contributed by atoms with E-state index in [1.165, 1.54) is 4.90 Å². The first-order valence-corrected chi connectivity index (χ1v) is 4.66. The van der Waals surface area contributed by atoms with Crippen LogP contribution in [-0.4, -0.2) is 28.1 Å². The molecule has 0 radical (unpaired) electrons. The fraction of sp³-hybridized carbons (Fsp3) is 0.300. The summed E-state index contributed by atoms with van der Waals surface area (Å²) in [6.07, 6.45) is 1.12. The van der Waals surface area contributed by atoms with Gasteiger partial charge in [0.1, 0.15) is 11.5 Å². The van der Waals surface area contributed by atoms with Gasteiger partial charge in [-0.05, 0) is 26.0 Å². The van der Waals surface area contributed by atoms with Crippen LogP contribution in [0.25, 0.3) is 0 Å². The third kappa shape index (κ3) is 2.52. The summed E-state index contributed by atoms with van der Waals surface area (Å²) < 4.78 is 0. The topological polar surface area (TPSA) is 89.9 Å². The smallest absolute Gasteiger partial charge is 0.152 e. The van der Waals surface area contributed by atoms with Crippen molar-refractivity contribution in [3.63, 3.8) is 0 Å². The maximum Gasteiger partial charge on any atom is 0.152 e. The van der Waals surface area contributed by atoms with Crippen molar-refractivity contribution in [3.05, 3.63) is 23.9 Å². The van der Waals surface area contributed by atoms with E-state index in [-0.39, 0.29) is 11.9 Å². The van der Waals surface area contributed by atoms with Crippen LogP contribution in [0, 0.1) is 10.8 Å². The average molecular weight is 205 g/mol. The number of nitrogens with one attached hydrogen (secondary N) is 2. The summed E-state index contributed by atoms with van der Waals surface area (Å²) >= 11 is 0. The predicted octanol–water partition coefficient (Wildman–Crippen LogP) is 1.31. The van der Waals surface area contributed by atoms with Gasteiger partial charge in [-0.3, -0.25) is 10.8 Å². The summed E-state index contributed by atoms with van der Waals surface area (Å²) in [4.78, 5) is 5.55. The summed E-state index contributed by atoms with van der Waals surface area (Å²) in [5.74, 6) is 0.568. The van der Waals surface area contributed by atoms with E-state index in [1.807, 2.05) is 13.8 Å². The molecule has 5 nitrogen and oxygen atoms in total. The van der Waals surface area contributed by atoms with Crippen molar-refractivity contribution < 1.29 is 0 Å². The van der Waals surface area contributed by atoms with Gasteiger partial charge < -0.3 is 10.6 Å². The number of hydrogen-bond donors (Lipinski definition) is 3. The van der Waals surface area contributed by atoms with Crippen molar-refractivity contribution in [1.29, 1.82) is 10.8 Å². The molecule has 0 amide bonds. The third-order valence-electron chi connectivity index (χ3n) is 1.97. The maximum atomic E-state index is 7.87. The number of nitrogen functional groups attached to an aromatic ring is 1. The number of hydrogen-bond acceptors (Lipinski definition) is 4. The zero-order valence-corrected chi connectivity index (χ0v) is 8.86. The molecule has 0 aliphatic carbocycles. The van der Waals surface area contributed by atoms with Crippen molar-refractivity contribution in [2.24, 2.45) is 0 Å². The minimum atomic E-state index is 0.0539. The first-order valence-electron chi connectivity index (χ1n) is 4.66. The maximum absolute atomic E-state index is 7.87. The molecule has 1 aromatic heterocycles. The fourth-order valence-electron chi connectivity index (χ4n) is 1.19. The van der Waals surface area contributed by atoms with E-state index < -0.39 is 0 Å². The van der Waals surface area contributed by atoms with E-state index in [1.54, 1.807) is 18.2 Å². The van der Waals surface area contributed by atoms with Crippen LogP contribution >= 0.6 is 0 Å². The molecule has 1 aromatic rings. The number of rotatable bonds is 3. The fourth-order valence-corrected chi connectivity index (χ4v) is 1.19. The van der Waals surface area contributed by atoms with Crippen LogP contribution in [0.3, 0.4) is 0 Å². The van der Waals surface area contributed by atoms with Gasteiger partial charge in [-0.1, -0.05) is 6.07 Å². The monoisotopic (exact) mass is 205 g/mol. The zero-order chi connectivity index (χ0) is 11.4. The van der Waals surface area contributed by atoms with Gasteiger partial charge in [-0.25, -0.2) is 4.98 Å². The van der Waals surface area contributed by atoms with Gasteiger partial charge in [0.25, 0.3) is 0 Å². The highest BCUT2D eigenvalue weighted by atomic mass is 15.2. The van der Waals surface area contributed by atoms with Gasteiger partial charge >= 0.3 is 0 Å². The molecular weight excluding hydrogens is 190 g/mol. The number of anilines is 1. The largest absolute Gasteiger partial charge is 0.384 e. The molecule has 80 valence electrons. The van der Waals surface area contributed by atoms with Gasteiger partial charge in [0.05, 0.1) is 6.34 Å². The normalized spacial score (nSPS) is 10.1. The lowest BCUT2D eigenvalue weighted by Gasteiger charge is -2.23. The quantitative estimate of drug-likeness (QED) is 0.513. The molecule has 0 aromatic carbocycles. The Hall–Kier alpha value is -1.91. The number of aromatic nitrogens is 1. The molecule has 5 heteroatoms. The van der Waals surface area contributed by atoms with Crippen molar-refractivity contribution >= 4 is 18.0 Å². The summed E-state index contributed by atoms with van der Waals surface area (Å²) in [5, 5.41) is 15.1. The molecule has 15 heavy (non-hydrogen) atoms. The Labute approximate surface area is 88.9 Å².